The Bertz CT molecular complexity index is 244. The van der Waals surface area contributed by atoms with Gasteiger partial charge >= 0.3 is 5.97 Å². The molecular formula is C13H22O2. The van der Waals surface area contributed by atoms with Crippen molar-refractivity contribution in [2.24, 2.45) is 5.41 Å². The predicted molar refractivity (Wildman–Crippen MR) is 63.6 cm³/mol. The molecule has 0 aliphatic carbocycles. The van der Waals surface area contributed by atoms with Crippen molar-refractivity contribution in [2.45, 2.75) is 40.5 Å². The maximum absolute atomic E-state index is 10.5. The fourth-order valence-electron chi connectivity index (χ4n) is 1.31. The minimum Gasteiger partial charge on any atom is -0.462 e. The van der Waals surface area contributed by atoms with E-state index in [2.05, 4.69) is 27.4 Å². The summed E-state index contributed by atoms with van der Waals surface area (Å²) in [7, 11) is 0. The number of hydrogen-bond donors (Lipinski definition) is 0. The molecule has 2 heteroatoms. The second kappa shape index (κ2) is 6.44. The quantitative estimate of drug-likeness (QED) is 0.513. The van der Waals surface area contributed by atoms with Gasteiger partial charge in [0, 0.05) is 6.92 Å². The molecule has 0 aromatic carbocycles. The Hall–Kier alpha value is -1.05. The maximum atomic E-state index is 10.5. The van der Waals surface area contributed by atoms with Gasteiger partial charge in [0.1, 0.15) is 6.61 Å². The summed E-state index contributed by atoms with van der Waals surface area (Å²) < 4.78 is 4.77. The first-order valence-electron chi connectivity index (χ1n) is 5.26. The van der Waals surface area contributed by atoms with Gasteiger partial charge in [0.15, 0.2) is 0 Å². The Kier molecular flexibility index (Phi) is 5.99. The Morgan fingerprint density at radius 1 is 1.33 bits per heavy atom. The lowest BCUT2D eigenvalue weighted by Gasteiger charge is -2.18. The van der Waals surface area contributed by atoms with Crippen LogP contribution in [-0.2, 0) is 9.53 Å². The van der Waals surface area contributed by atoms with Crippen LogP contribution in [0.4, 0.5) is 0 Å². The van der Waals surface area contributed by atoms with Crippen molar-refractivity contribution < 1.29 is 9.53 Å². The van der Waals surface area contributed by atoms with Crippen LogP contribution < -0.4 is 0 Å². The van der Waals surface area contributed by atoms with Crippen molar-refractivity contribution in [1.82, 2.24) is 0 Å². The zero-order valence-electron chi connectivity index (χ0n) is 10.3. The van der Waals surface area contributed by atoms with E-state index in [1.54, 1.807) is 0 Å². The first kappa shape index (κ1) is 13.9. The third-order valence-electron chi connectivity index (χ3n) is 1.74. The van der Waals surface area contributed by atoms with Crippen molar-refractivity contribution in [3.8, 4) is 0 Å². The lowest BCUT2D eigenvalue weighted by molar-refractivity contribution is -0.139. The molecule has 0 aromatic rings. The van der Waals surface area contributed by atoms with Gasteiger partial charge in [-0.1, -0.05) is 45.1 Å². The van der Waals surface area contributed by atoms with E-state index >= 15 is 0 Å². The van der Waals surface area contributed by atoms with Crippen molar-refractivity contribution in [3.05, 3.63) is 24.3 Å². The average Bonchev–Trinajstić information content (AvgIpc) is 1.99. The van der Waals surface area contributed by atoms with Crippen LogP contribution in [0.5, 0.6) is 0 Å². The summed E-state index contributed by atoms with van der Waals surface area (Å²) in [4.78, 5) is 10.5. The average molecular weight is 210 g/mol. The Labute approximate surface area is 93.0 Å². The molecule has 0 amide bonds. The molecule has 0 bridgehead atoms. The highest BCUT2D eigenvalue weighted by Crippen LogP contribution is 2.24. The normalized spacial score (nSPS) is 11.7. The van der Waals surface area contributed by atoms with Crippen LogP contribution in [0.1, 0.15) is 40.5 Å². The summed E-state index contributed by atoms with van der Waals surface area (Å²) >= 11 is 0. The van der Waals surface area contributed by atoms with Gasteiger partial charge in [0.2, 0.25) is 0 Å². The van der Waals surface area contributed by atoms with Gasteiger partial charge in [-0.25, -0.2) is 0 Å². The number of ether oxygens (including phenoxy) is 1. The first-order chi connectivity index (χ1) is 6.81. The lowest BCUT2D eigenvalue weighted by atomic mass is 9.87. The van der Waals surface area contributed by atoms with E-state index in [0.717, 1.165) is 12.8 Å². The minimum absolute atomic E-state index is 0.242. The standard InChI is InChI=1S/C13H22O2/c1-11(10-13(3,4)5)8-6-7-9-15-12(2)14/h6-7H,1,8-10H2,2-5H3/b7-6+. The van der Waals surface area contributed by atoms with Crippen molar-refractivity contribution >= 4 is 5.97 Å². The van der Waals surface area contributed by atoms with E-state index in [1.165, 1.54) is 12.5 Å². The Morgan fingerprint density at radius 2 is 1.93 bits per heavy atom. The van der Waals surface area contributed by atoms with Crippen LogP contribution in [0.25, 0.3) is 0 Å². The molecule has 15 heavy (non-hydrogen) atoms. The van der Waals surface area contributed by atoms with Crippen LogP contribution in [0, 0.1) is 5.41 Å². The van der Waals surface area contributed by atoms with E-state index < -0.39 is 0 Å². The topological polar surface area (TPSA) is 26.3 Å². The fourth-order valence-corrected chi connectivity index (χ4v) is 1.31. The summed E-state index contributed by atoms with van der Waals surface area (Å²) in [6, 6.07) is 0. The lowest BCUT2D eigenvalue weighted by Crippen LogP contribution is -2.05. The van der Waals surface area contributed by atoms with Crippen molar-refractivity contribution in [3.63, 3.8) is 0 Å². The van der Waals surface area contributed by atoms with E-state index in [-0.39, 0.29) is 5.97 Å². The predicted octanol–water partition coefficient (Wildman–Crippen LogP) is 3.49. The van der Waals surface area contributed by atoms with Gasteiger partial charge < -0.3 is 4.74 Å². The smallest absolute Gasteiger partial charge is 0.302 e. The molecule has 86 valence electrons. The first-order valence-corrected chi connectivity index (χ1v) is 5.26. The Balaban J connectivity index is 3.67. The van der Waals surface area contributed by atoms with Crippen LogP contribution in [-0.4, -0.2) is 12.6 Å². The summed E-state index contributed by atoms with van der Waals surface area (Å²) in [5.41, 5.74) is 1.50. The Morgan fingerprint density at radius 3 is 2.40 bits per heavy atom. The highest BCUT2D eigenvalue weighted by molar-refractivity contribution is 5.65. The summed E-state index contributed by atoms with van der Waals surface area (Å²) in [6.07, 6.45) is 5.73. The molecule has 0 N–H and O–H groups in total. The van der Waals surface area contributed by atoms with Crippen LogP contribution >= 0.6 is 0 Å². The molecule has 0 aromatic heterocycles. The molecule has 2 nitrogen and oxygen atoms in total. The zero-order valence-corrected chi connectivity index (χ0v) is 10.3. The van der Waals surface area contributed by atoms with Gasteiger partial charge in [-0.05, 0) is 18.3 Å². The molecule has 0 radical (unpaired) electrons. The number of carbonyl (C=O) groups excluding carboxylic acids is 1. The van der Waals surface area contributed by atoms with Crippen molar-refractivity contribution in [1.29, 1.82) is 0 Å². The molecule has 0 heterocycles. The number of rotatable bonds is 5. The SMILES string of the molecule is C=C(C/C=C/COC(C)=O)CC(C)(C)C. The second-order valence-corrected chi connectivity index (χ2v) is 4.97. The van der Waals surface area contributed by atoms with Gasteiger partial charge in [-0.15, -0.1) is 0 Å². The molecule has 0 fully saturated rings. The van der Waals surface area contributed by atoms with Gasteiger partial charge in [0.25, 0.3) is 0 Å². The van der Waals surface area contributed by atoms with E-state index in [4.69, 9.17) is 4.74 Å². The summed E-state index contributed by atoms with van der Waals surface area (Å²) in [6.45, 7) is 12.4. The number of carbonyl (C=O) groups is 1. The van der Waals surface area contributed by atoms with Crippen LogP contribution in [0.2, 0.25) is 0 Å². The van der Waals surface area contributed by atoms with Gasteiger partial charge in [-0.2, -0.15) is 0 Å². The molecule has 0 aliphatic heterocycles. The third kappa shape index (κ3) is 10.9. The third-order valence-corrected chi connectivity index (χ3v) is 1.74. The number of hydrogen-bond acceptors (Lipinski definition) is 2. The summed E-state index contributed by atoms with van der Waals surface area (Å²) in [5, 5.41) is 0. The molecule has 0 unspecified atom stereocenters. The molecule has 0 rings (SSSR count). The maximum Gasteiger partial charge on any atom is 0.302 e. The van der Waals surface area contributed by atoms with Crippen LogP contribution in [0.15, 0.2) is 24.3 Å². The highest BCUT2D eigenvalue weighted by atomic mass is 16.5. The molecule has 0 aliphatic rings. The fraction of sp³-hybridized carbons (Fsp3) is 0.615. The van der Waals surface area contributed by atoms with Crippen LogP contribution in [0.3, 0.4) is 0 Å². The summed E-state index contributed by atoms with van der Waals surface area (Å²) in [5.74, 6) is -0.242. The molecule has 0 saturated heterocycles. The highest BCUT2D eigenvalue weighted by Gasteiger charge is 2.10. The molecule has 0 atom stereocenters. The number of allylic oxidation sites excluding steroid dienone is 2. The van der Waals surface area contributed by atoms with E-state index in [0.29, 0.717) is 12.0 Å². The molecular weight excluding hydrogens is 188 g/mol. The van der Waals surface area contributed by atoms with Crippen molar-refractivity contribution in [2.75, 3.05) is 6.61 Å². The molecule has 0 spiro atoms. The van der Waals surface area contributed by atoms with Gasteiger partial charge in [-0.3, -0.25) is 4.79 Å². The van der Waals surface area contributed by atoms with Gasteiger partial charge in [0.05, 0.1) is 0 Å². The monoisotopic (exact) mass is 210 g/mol. The second-order valence-electron chi connectivity index (χ2n) is 4.97. The minimum atomic E-state index is -0.242. The van der Waals surface area contributed by atoms with E-state index in [1.807, 2.05) is 12.2 Å². The zero-order chi connectivity index (χ0) is 11.9. The number of esters is 1. The van der Waals surface area contributed by atoms with E-state index in [9.17, 15) is 4.79 Å². The largest absolute Gasteiger partial charge is 0.462 e. The molecule has 0 saturated carbocycles.